The Morgan fingerprint density at radius 3 is 2.41 bits per heavy atom. The highest BCUT2D eigenvalue weighted by Crippen LogP contribution is 2.28. The van der Waals surface area contributed by atoms with E-state index in [1.807, 2.05) is 0 Å². The van der Waals surface area contributed by atoms with E-state index >= 15 is 0 Å². The summed E-state index contributed by atoms with van der Waals surface area (Å²) in [5.74, 6) is -0.393. The predicted molar refractivity (Wildman–Crippen MR) is 54.0 cm³/mol. The highest BCUT2D eigenvalue weighted by Gasteiger charge is 2.48. The van der Waals surface area contributed by atoms with Crippen molar-refractivity contribution in [1.82, 2.24) is 4.98 Å². The first-order valence-corrected chi connectivity index (χ1v) is 6.05. The third-order valence-corrected chi connectivity index (χ3v) is 2.86. The lowest BCUT2D eigenvalue weighted by molar-refractivity contribution is -0.0500. The van der Waals surface area contributed by atoms with Crippen molar-refractivity contribution in [3.05, 3.63) is 23.5 Å². The van der Waals surface area contributed by atoms with E-state index < -0.39 is 21.4 Å². The maximum absolute atomic E-state index is 12.1. The molecule has 0 radical (unpaired) electrons. The van der Waals surface area contributed by atoms with Gasteiger partial charge in [0.15, 0.2) is 5.75 Å². The van der Waals surface area contributed by atoms with Crippen LogP contribution in [0.1, 0.15) is 18.3 Å². The molecule has 4 nitrogen and oxygen atoms in total. The lowest BCUT2D eigenvalue weighted by Crippen LogP contribution is -2.28. The number of aryl methyl sites for hydroxylation is 2. The largest absolute Gasteiger partial charge is 0.534 e. The fraction of sp³-hybridized carbons (Fsp3) is 0.444. The van der Waals surface area contributed by atoms with Crippen LogP contribution in [0.15, 0.2) is 12.1 Å². The number of hydrogen-bond donors (Lipinski definition) is 0. The van der Waals surface area contributed by atoms with Gasteiger partial charge in [0.25, 0.3) is 0 Å². The Morgan fingerprint density at radius 1 is 1.35 bits per heavy atom. The Bertz CT molecular complexity index is 511. The second-order valence-corrected chi connectivity index (χ2v) is 4.77. The van der Waals surface area contributed by atoms with Crippen LogP contribution in [0, 0.1) is 6.92 Å². The molecule has 0 aliphatic heterocycles. The first-order valence-electron chi connectivity index (χ1n) is 4.64. The number of alkyl halides is 3. The second-order valence-electron chi connectivity index (χ2n) is 3.23. The number of aromatic nitrogens is 1. The normalized spacial score (nSPS) is 12.5. The third kappa shape index (κ3) is 3.09. The van der Waals surface area contributed by atoms with Gasteiger partial charge in [-0.15, -0.1) is 0 Å². The number of pyridine rings is 1. The molecule has 0 aliphatic rings. The summed E-state index contributed by atoms with van der Waals surface area (Å²) in [6, 6.07) is 2.53. The molecular formula is C9H10F3NO3S. The Hall–Kier alpha value is -1.31. The smallest absolute Gasteiger partial charge is 0.374 e. The molecule has 8 heteroatoms. The van der Waals surface area contributed by atoms with Crippen LogP contribution in [-0.2, 0) is 16.5 Å². The molecule has 0 unspecified atom stereocenters. The zero-order valence-electron chi connectivity index (χ0n) is 9.08. The summed E-state index contributed by atoms with van der Waals surface area (Å²) in [5, 5.41) is 0. The molecule has 0 aliphatic carbocycles. The summed E-state index contributed by atoms with van der Waals surface area (Å²) in [7, 11) is -5.64. The molecule has 0 spiro atoms. The molecule has 0 bridgehead atoms. The summed E-state index contributed by atoms with van der Waals surface area (Å²) >= 11 is 0. The van der Waals surface area contributed by atoms with Crippen LogP contribution >= 0.6 is 0 Å². The molecule has 1 rings (SSSR count). The number of hydrogen-bond acceptors (Lipinski definition) is 4. The molecule has 0 fully saturated rings. The van der Waals surface area contributed by atoms with E-state index in [9.17, 15) is 21.6 Å². The fourth-order valence-corrected chi connectivity index (χ4v) is 1.57. The molecule has 0 aromatic carbocycles. The molecule has 96 valence electrons. The fourth-order valence-electron chi connectivity index (χ4n) is 1.09. The quantitative estimate of drug-likeness (QED) is 0.623. The minimum atomic E-state index is -5.64. The molecule has 0 amide bonds. The second kappa shape index (κ2) is 4.52. The number of rotatable bonds is 3. The first kappa shape index (κ1) is 13.8. The van der Waals surface area contributed by atoms with Gasteiger partial charge in [-0.1, -0.05) is 6.92 Å². The predicted octanol–water partition coefficient (Wildman–Crippen LogP) is 2.18. The summed E-state index contributed by atoms with van der Waals surface area (Å²) in [6.07, 6.45) is 0.268. The monoisotopic (exact) mass is 269 g/mol. The van der Waals surface area contributed by atoms with Crippen molar-refractivity contribution < 1.29 is 25.8 Å². The van der Waals surface area contributed by atoms with Crippen LogP contribution in [0.4, 0.5) is 13.2 Å². The van der Waals surface area contributed by atoms with Gasteiger partial charge in [-0.25, -0.2) is 0 Å². The summed E-state index contributed by atoms with van der Waals surface area (Å²) < 4.78 is 61.9. The zero-order chi connectivity index (χ0) is 13.3. The molecule has 0 saturated carbocycles. The first-order chi connectivity index (χ1) is 7.67. The maximum atomic E-state index is 12.1. The number of halogens is 3. The Balaban J connectivity index is 3.13. The van der Waals surface area contributed by atoms with Gasteiger partial charge >= 0.3 is 15.6 Å². The van der Waals surface area contributed by atoms with Crippen molar-refractivity contribution in [2.24, 2.45) is 0 Å². The highest BCUT2D eigenvalue weighted by molar-refractivity contribution is 7.88. The maximum Gasteiger partial charge on any atom is 0.534 e. The van der Waals surface area contributed by atoms with Crippen molar-refractivity contribution in [3.8, 4) is 5.75 Å². The molecular weight excluding hydrogens is 259 g/mol. The van der Waals surface area contributed by atoms with Gasteiger partial charge in [0.2, 0.25) is 0 Å². The minimum Gasteiger partial charge on any atom is -0.374 e. The molecule has 1 aromatic heterocycles. The lowest BCUT2D eigenvalue weighted by Gasteiger charge is -2.11. The van der Waals surface area contributed by atoms with E-state index in [1.165, 1.54) is 6.07 Å². The molecule has 0 saturated heterocycles. The Labute approximate surface area is 96.6 Å². The van der Waals surface area contributed by atoms with E-state index in [2.05, 4.69) is 9.17 Å². The SMILES string of the molecule is CCc1nc(C)ccc1OS(=O)(=O)C(F)(F)F. The van der Waals surface area contributed by atoms with E-state index in [-0.39, 0.29) is 12.1 Å². The van der Waals surface area contributed by atoms with E-state index in [1.54, 1.807) is 13.8 Å². The topological polar surface area (TPSA) is 56.3 Å². The average molecular weight is 269 g/mol. The number of nitrogens with zero attached hydrogens (tertiary/aromatic N) is 1. The van der Waals surface area contributed by atoms with Crippen LogP contribution in [0.3, 0.4) is 0 Å². The van der Waals surface area contributed by atoms with Crippen molar-refractivity contribution >= 4 is 10.1 Å². The van der Waals surface area contributed by atoms with Crippen molar-refractivity contribution in [2.45, 2.75) is 25.8 Å². The van der Waals surface area contributed by atoms with Crippen LogP contribution in [0.2, 0.25) is 0 Å². The van der Waals surface area contributed by atoms with Crippen LogP contribution in [-0.4, -0.2) is 18.9 Å². The van der Waals surface area contributed by atoms with Crippen molar-refractivity contribution in [1.29, 1.82) is 0 Å². The Kier molecular flexibility index (Phi) is 3.65. The lowest BCUT2D eigenvalue weighted by atomic mass is 10.2. The van der Waals surface area contributed by atoms with Crippen molar-refractivity contribution in [2.75, 3.05) is 0 Å². The summed E-state index contributed by atoms with van der Waals surface area (Å²) in [5.41, 5.74) is -4.71. The molecule has 17 heavy (non-hydrogen) atoms. The molecule has 0 atom stereocenters. The molecule has 0 N–H and O–H groups in total. The Morgan fingerprint density at radius 2 is 1.94 bits per heavy atom. The van der Waals surface area contributed by atoms with Crippen LogP contribution in [0.5, 0.6) is 5.75 Å². The summed E-state index contributed by atoms with van der Waals surface area (Å²) in [6.45, 7) is 3.27. The van der Waals surface area contributed by atoms with Gasteiger partial charge in [0, 0.05) is 5.69 Å². The van der Waals surface area contributed by atoms with Gasteiger partial charge in [-0.2, -0.15) is 21.6 Å². The highest BCUT2D eigenvalue weighted by atomic mass is 32.2. The van der Waals surface area contributed by atoms with Gasteiger partial charge < -0.3 is 4.18 Å². The third-order valence-electron chi connectivity index (χ3n) is 1.89. The van der Waals surface area contributed by atoms with E-state index in [0.29, 0.717) is 5.69 Å². The zero-order valence-corrected chi connectivity index (χ0v) is 9.89. The van der Waals surface area contributed by atoms with E-state index in [4.69, 9.17) is 0 Å². The summed E-state index contributed by atoms with van der Waals surface area (Å²) in [4.78, 5) is 3.90. The van der Waals surface area contributed by atoms with Gasteiger partial charge in [0.05, 0.1) is 5.69 Å². The van der Waals surface area contributed by atoms with E-state index in [0.717, 1.165) is 6.07 Å². The van der Waals surface area contributed by atoms with Crippen LogP contribution < -0.4 is 4.18 Å². The average Bonchev–Trinajstić information content (AvgIpc) is 2.18. The van der Waals surface area contributed by atoms with Crippen LogP contribution in [0.25, 0.3) is 0 Å². The standard InChI is InChI=1S/C9H10F3NO3S/c1-3-7-8(5-4-6(2)13-7)16-17(14,15)9(10,11)12/h4-5H,3H2,1-2H3. The van der Waals surface area contributed by atoms with Gasteiger partial charge in [0.1, 0.15) is 0 Å². The molecule has 1 heterocycles. The minimum absolute atomic E-state index is 0.165. The molecule has 1 aromatic rings. The van der Waals surface area contributed by atoms with Crippen molar-refractivity contribution in [3.63, 3.8) is 0 Å². The van der Waals surface area contributed by atoms with Gasteiger partial charge in [-0.05, 0) is 25.5 Å². The van der Waals surface area contributed by atoms with Gasteiger partial charge in [-0.3, -0.25) is 4.98 Å².